The zero-order chi connectivity index (χ0) is 18.5. The van der Waals surface area contributed by atoms with Crippen LogP contribution in [0.3, 0.4) is 0 Å². The molecule has 1 heterocycles. The van der Waals surface area contributed by atoms with Crippen molar-refractivity contribution in [1.82, 2.24) is 0 Å². The fourth-order valence-corrected chi connectivity index (χ4v) is 2.91. The molecule has 26 heavy (non-hydrogen) atoms. The molecule has 0 aromatic heterocycles. The number of carbonyl (C=O) groups excluding carboxylic acids is 3. The van der Waals surface area contributed by atoms with Crippen LogP contribution in [0, 0.1) is 0 Å². The highest BCUT2D eigenvalue weighted by Crippen LogP contribution is 2.22. The van der Waals surface area contributed by atoms with Gasteiger partial charge in [0.15, 0.2) is 0 Å². The van der Waals surface area contributed by atoms with Crippen LogP contribution in [-0.2, 0) is 20.7 Å². The maximum absolute atomic E-state index is 12.2. The molecule has 0 radical (unpaired) electrons. The number of rotatable bonds is 5. The van der Waals surface area contributed by atoms with E-state index in [0.29, 0.717) is 17.7 Å². The number of nitrogens with zero attached hydrogens (tertiary/aromatic N) is 1. The molecule has 1 fully saturated rings. The Morgan fingerprint density at radius 3 is 2.35 bits per heavy atom. The van der Waals surface area contributed by atoms with Crippen molar-refractivity contribution in [2.45, 2.75) is 19.3 Å². The van der Waals surface area contributed by atoms with Gasteiger partial charge in [-0.1, -0.05) is 12.1 Å². The van der Waals surface area contributed by atoms with Crippen LogP contribution in [0.2, 0.25) is 0 Å². The van der Waals surface area contributed by atoms with Crippen molar-refractivity contribution in [1.29, 1.82) is 0 Å². The predicted octanol–water partition coefficient (Wildman–Crippen LogP) is 2.78. The van der Waals surface area contributed by atoms with Gasteiger partial charge in [-0.2, -0.15) is 0 Å². The molecule has 1 saturated heterocycles. The largest absolute Gasteiger partial charge is 0.465 e. The van der Waals surface area contributed by atoms with Gasteiger partial charge in [0.1, 0.15) is 0 Å². The van der Waals surface area contributed by atoms with Gasteiger partial charge in [-0.05, 0) is 48.4 Å². The Labute approximate surface area is 151 Å². The Bertz CT molecular complexity index is 813. The molecule has 1 aliphatic rings. The summed E-state index contributed by atoms with van der Waals surface area (Å²) < 4.78 is 4.64. The number of carbonyl (C=O) groups is 3. The molecular weight excluding hydrogens is 332 g/mol. The topological polar surface area (TPSA) is 75.7 Å². The van der Waals surface area contributed by atoms with Crippen molar-refractivity contribution < 1.29 is 19.1 Å². The Kier molecular flexibility index (Phi) is 5.31. The van der Waals surface area contributed by atoms with Crippen LogP contribution in [-0.4, -0.2) is 31.4 Å². The fourth-order valence-electron chi connectivity index (χ4n) is 2.91. The van der Waals surface area contributed by atoms with Crippen LogP contribution in [0.4, 0.5) is 11.4 Å². The van der Waals surface area contributed by atoms with E-state index in [1.165, 1.54) is 7.11 Å². The molecule has 2 aromatic carbocycles. The minimum atomic E-state index is -0.417. The van der Waals surface area contributed by atoms with Crippen molar-refractivity contribution in [3.63, 3.8) is 0 Å². The zero-order valence-corrected chi connectivity index (χ0v) is 14.5. The maximum Gasteiger partial charge on any atom is 0.337 e. The SMILES string of the molecule is COC(=O)c1ccc(NC(=O)Cc2ccc(N3CCCC3=O)cc2)cc1. The number of nitrogens with one attached hydrogen (secondary N) is 1. The van der Waals surface area contributed by atoms with E-state index in [2.05, 4.69) is 10.1 Å². The molecule has 6 nitrogen and oxygen atoms in total. The first kappa shape index (κ1) is 17.7. The number of anilines is 2. The summed E-state index contributed by atoms with van der Waals surface area (Å²) in [5, 5.41) is 2.80. The fraction of sp³-hybridized carbons (Fsp3) is 0.250. The number of ether oxygens (including phenoxy) is 1. The summed E-state index contributed by atoms with van der Waals surface area (Å²) in [6.07, 6.45) is 1.71. The van der Waals surface area contributed by atoms with E-state index >= 15 is 0 Å². The summed E-state index contributed by atoms with van der Waals surface area (Å²) in [7, 11) is 1.32. The van der Waals surface area contributed by atoms with Gasteiger partial charge >= 0.3 is 5.97 Å². The number of hydrogen-bond acceptors (Lipinski definition) is 4. The summed E-state index contributed by atoms with van der Waals surface area (Å²) in [5.41, 5.74) is 2.78. The zero-order valence-electron chi connectivity index (χ0n) is 14.5. The molecule has 6 heteroatoms. The van der Waals surface area contributed by atoms with Gasteiger partial charge < -0.3 is 15.0 Å². The average molecular weight is 352 g/mol. The van der Waals surface area contributed by atoms with Crippen LogP contribution in [0.1, 0.15) is 28.8 Å². The minimum Gasteiger partial charge on any atom is -0.465 e. The molecule has 0 aliphatic carbocycles. The first-order chi connectivity index (χ1) is 12.6. The molecule has 134 valence electrons. The highest BCUT2D eigenvalue weighted by Gasteiger charge is 2.21. The average Bonchev–Trinajstić information content (AvgIpc) is 3.08. The molecule has 1 aliphatic heterocycles. The quantitative estimate of drug-likeness (QED) is 0.840. The third-order valence-corrected chi connectivity index (χ3v) is 4.28. The van der Waals surface area contributed by atoms with Crippen molar-refractivity contribution in [3.8, 4) is 0 Å². The maximum atomic E-state index is 12.2. The Morgan fingerprint density at radius 1 is 1.08 bits per heavy atom. The number of methoxy groups -OCH3 is 1. The number of esters is 1. The van der Waals surface area contributed by atoms with Crippen LogP contribution in [0.15, 0.2) is 48.5 Å². The molecular formula is C20H20N2O4. The van der Waals surface area contributed by atoms with Gasteiger partial charge in [0.25, 0.3) is 0 Å². The summed E-state index contributed by atoms with van der Waals surface area (Å²) in [6, 6.07) is 14.0. The van der Waals surface area contributed by atoms with Crippen LogP contribution < -0.4 is 10.2 Å². The van der Waals surface area contributed by atoms with Gasteiger partial charge in [-0.3, -0.25) is 9.59 Å². The monoisotopic (exact) mass is 352 g/mol. The van der Waals surface area contributed by atoms with Gasteiger partial charge in [0.2, 0.25) is 11.8 Å². The van der Waals surface area contributed by atoms with Gasteiger partial charge in [-0.15, -0.1) is 0 Å². The number of benzene rings is 2. The van der Waals surface area contributed by atoms with Crippen molar-refractivity contribution in [2.24, 2.45) is 0 Å². The molecule has 0 saturated carbocycles. The lowest BCUT2D eigenvalue weighted by molar-refractivity contribution is -0.117. The molecule has 2 amide bonds. The van der Waals surface area contributed by atoms with E-state index in [4.69, 9.17) is 0 Å². The smallest absolute Gasteiger partial charge is 0.337 e. The lowest BCUT2D eigenvalue weighted by atomic mass is 10.1. The normalized spacial score (nSPS) is 13.6. The first-order valence-electron chi connectivity index (χ1n) is 8.44. The molecule has 0 spiro atoms. The van der Waals surface area contributed by atoms with E-state index in [1.54, 1.807) is 29.2 Å². The number of hydrogen-bond donors (Lipinski definition) is 1. The summed E-state index contributed by atoms with van der Waals surface area (Å²) in [5.74, 6) is -0.425. The van der Waals surface area contributed by atoms with Crippen LogP contribution in [0.25, 0.3) is 0 Å². The number of amides is 2. The lowest BCUT2D eigenvalue weighted by Crippen LogP contribution is -2.23. The molecule has 2 aromatic rings. The Balaban J connectivity index is 1.57. The highest BCUT2D eigenvalue weighted by atomic mass is 16.5. The minimum absolute atomic E-state index is 0.144. The molecule has 0 bridgehead atoms. The summed E-state index contributed by atoms with van der Waals surface area (Å²) in [6.45, 7) is 0.750. The molecule has 0 unspecified atom stereocenters. The molecule has 0 atom stereocenters. The van der Waals surface area contributed by atoms with Gasteiger partial charge in [-0.25, -0.2) is 4.79 Å². The first-order valence-corrected chi connectivity index (χ1v) is 8.44. The van der Waals surface area contributed by atoms with Gasteiger partial charge in [0, 0.05) is 24.3 Å². The lowest BCUT2D eigenvalue weighted by Gasteiger charge is -2.15. The van der Waals surface area contributed by atoms with Crippen LogP contribution >= 0.6 is 0 Å². The second-order valence-electron chi connectivity index (χ2n) is 6.11. The van der Waals surface area contributed by atoms with Crippen molar-refractivity contribution in [3.05, 3.63) is 59.7 Å². The van der Waals surface area contributed by atoms with E-state index in [1.807, 2.05) is 24.3 Å². The Hall–Kier alpha value is -3.15. The molecule has 1 N–H and O–H groups in total. The van der Waals surface area contributed by atoms with E-state index < -0.39 is 5.97 Å². The Morgan fingerprint density at radius 2 is 1.77 bits per heavy atom. The van der Waals surface area contributed by atoms with Crippen molar-refractivity contribution >= 4 is 29.2 Å². The standard InChI is InChI=1S/C20H20N2O4/c1-26-20(25)15-6-8-16(9-7-15)21-18(23)13-14-4-10-17(11-5-14)22-12-2-3-19(22)24/h4-11H,2-3,12-13H2,1H3,(H,21,23). The van der Waals surface area contributed by atoms with E-state index in [9.17, 15) is 14.4 Å². The van der Waals surface area contributed by atoms with E-state index in [-0.39, 0.29) is 18.2 Å². The van der Waals surface area contributed by atoms with Crippen molar-refractivity contribution in [2.75, 3.05) is 23.9 Å². The second-order valence-corrected chi connectivity index (χ2v) is 6.11. The summed E-state index contributed by atoms with van der Waals surface area (Å²) in [4.78, 5) is 37.1. The third kappa shape index (κ3) is 4.08. The third-order valence-electron chi connectivity index (χ3n) is 4.28. The summed E-state index contributed by atoms with van der Waals surface area (Å²) >= 11 is 0. The molecule has 3 rings (SSSR count). The van der Waals surface area contributed by atoms with Crippen LogP contribution in [0.5, 0.6) is 0 Å². The second kappa shape index (κ2) is 7.82. The van der Waals surface area contributed by atoms with Gasteiger partial charge in [0.05, 0.1) is 19.1 Å². The highest BCUT2D eigenvalue weighted by molar-refractivity contribution is 5.96. The van der Waals surface area contributed by atoms with E-state index in [0.717, 1.165) is 24.2 Å². The predicted molar refractivity (Wildman–Crippen MR) is 98.1 cm³/mol.